The Morgan fingerprint density at radius 3 is 2.70 bits per heavy atom. The van der Waals surface area contributed by atoms with E-state index in [0.29, 0.717) is 32.5 Å². The van der Waals surface area contributed by atoms with E-state index in [2.05, 4.69) is 37.8 Å². The summed E-state index contributed by atoms with van der Waals surface area (Å²) in [7, 11) is 3.74. The number of Topliss-reactive ketones (excluding diaryl/α,β-unsaturated/α-hetero) is 2. The van der Waals surface area contributed by atoms with Crippen LogP contribution in [0.3, 0.4) is 0 Å². The first kappa shape index (κ1) is 21.5. The van der Waals surface area contributed by atoms with Crippen LogP contribution in [0.15, 0.2) is 30.5 Å². The molecule has 1 aliphatic rings. The van der Waals surface area contributed by atoms with Crippen LogP contribution >= 0.6 is 8.86 Å². The van der Waals surface area contributed by atoms with Crippen LogP contribution in [0.25, 0.3) is 0 Å². The number of nitrogens with zero attached hydrogens (tertiary/aromatic N) is 1. The lowest BCUT2D eigenvalue weighted by Gasteiger charge is -2.25. The number of ketones is 2. The quantitative estimate of drug-likeness (QED) is 0.571. The molecule has 0 fully saturated rings. The Kier molecular flexibility index (Phi) is 7.91. The Bertz CT molecular complexity index is 745. The third kappa shape index (κ3) is 5.58. The fourth-order valence-electron chi connectivity index (χ4n) is 3.42. The average Bonchev–Trinajstić information content (AvgIpc) is 2.95. The number of rotatable bonds is 11. The minimum Gasteiger partial charge on any atom is -0.385 e. The molecule has 6 heteroatoms. The second-order valence-electron chi connectivity index (χ2n) is 7.14. The van der Waals surface area contributed by atoms with Crippen LogP contribution in [0.5, 0.6) is 0 Å². The summed E-state index contributed by atoms with van der Waals surface area (Å²) in [6, 6.07) is 5.89. The summed E-state index contributed by atoms with van der Waals surface area (Å²) in [4.78, 5) is 25.7. The second-order valence-corrected chi connectivity index (χ2v) is 7.61. The Morgan fingerprint density at radius 2 is 2.07 bits per heavy atom. The van der Waals surface area contributed by atoms with Crippen molar-refractivity contribution in [1.82, 2.24) is 10.2 Å². The minimum atomic E-state index is -0.297. The molecule has 1 unspecified atom stereocenters. The van der Waals surface area contributed by atoms with E-state index < -0.39 is 0 Å². The molecule has 0 aliphatic carbocycles. The molecule has 1 aliphatic heterocycles. The summed E-state index contributed by atoms with van der Waals surface area (Å²) in [5.74, 6) is 0.184. The van der Waals surface area contributed by atoms with Gasteiger partial charge in [-0.25, -0.2) is 0 Å². The Balaban J connectivity index is 2.14. The number of allylic oxidation sites excluding steroid dienone is 1. The molecule has 1 heterocycles. The van der Waals surface area contributed by atoms with Gasteiger partial charge in [0.1, 0.15) is 11.6 Å². The molecule has 3 N–H and O–H groups in total. The molecule has 1 aromatic carbocycles. The van der Waals surface area contributed by atoms with Gasteiger partial charge in [-0.2, -0.15) is 0 Å². The molecule has 0 saturated heterocycles. The molecule has 0 spiro atoms. The Morgan fingerprint density at radius 1 is 1.33 bits per heavy atom. The maximum absolute atomic E-state index is 12.2. The van der Waals surface area contributed by atoms with E-state index in [-0.39, 0.29) is 17.6 Å². The normalized spacial score (nSPS) is 14.7. The largest absolute Gasteiger partial charge is 0.385 e. The van der Waals surface area contributed by atoms with E-state index in [1.54, 1.807) is 13.8 Å². The zero-order chi connectivity index (χ0) is 20.0. The molecule has 27 heavy (non-hydrogen) atoms. The van der Waals surface area contributed by atoms with Crippen molar-refractivity contribution in [3.05, 3.63) is 47.2 Å². The van der Waals surface area contributed by atoms with Gasteiger partial charge < -0.3 is 15.8 Å². The maximum atomic E-state index is 12.2. The molecular weight excluding hydrogens is 357 g/mol. The molecule has 0 aromatic heterocycles. The highest BCUT2D eigenvalue weighted by Gasteiger charge is 2.33. The van der Waals surface area contributed by atoms with Gasteiger partial charge in [-0.3, -0.25) is 9.69 Å². The summed E-state index contributed by atoms with van der Waals surface area (Å²) in [5, 5.41) is 3.38. The van der Waals surface area contributed by atoms with Gasteiger partial charge in [0.05, 0.1) is 6.04 Å². The average molecular weight is 387 g/mol. The molecule has 5 nitrogen and oxygen atoms in total. The summed E-state index contributed by atoms with van der Waals surface area (Å²) in [6.07, 6.45) is 2.73. The molecule has 0 bridgehead atoms. The van der Waals surface area contributed by atoms with Crippen molar-refractivity contribution >= 4 is 25.8 Å². The number of carbonyl (C=O) groups excluding carboxylic acids is 2. The second kappa shape index (κ2) is 9.93. The van der Waals surface area contributed by atoms with Crippen molar-refractivity contribution in [2.75, 3.05) is 6.54 Å². The monoisotopic (exact) mass is 387 g/mol. The molecule has 0 saturated carbocycles. The fourth-order valence-corrected chi connectivity index (χ4v) is 3.89. The summed E-state index contributed by atoms with van der Waals surface area (Å²) < 4.78 is 0. The SMILES string of the molecule is C=C(CCCN)NCc1cccc2c1CN(C(CCC(C)=O)C(C)=O)C2=P. The van der Waals surface area contributed by atoms with Gasteiger partial charge in [0.15, 0.2) is 0 Å². The van der Waals surface area contributed by atoms with Gasteiger partial charge >= 0.3 is 0 Å². The Labute approximate surface area is 164 Å². The molecule has 146 valence electrons. The molecule has 1 atom stereocenters. The minimum absolute atomic E-state index is 0.0784. The number of hydrogen-bond donors (Lipinski definition) is 2. The Hall–Kier alpha value is -1.81. The number of nitrogens with two attached hydrogens (primary N) is 1. The first-order valence-corrected chi connectivity index (χ1v) is 9.93. The first-order chi connectivity index (χ1) is 12.8. The van der Waals surface area contributed by atoms with Gasteiger partial charge in [-0.05, 0) is 50.8 Å². The van der Waals surface area contributed by atoms with Gasteiger partial charge in [-0.15, -0.1) is 8.86 Å². The molecular formula is C21H30N3O2P. The molecule has 1 aromatic rings. The van der Waals surface area contributed by atoms with Gasteiger partial charge in [-0.1, -0.05) is 24.8 Å². The highest BCUT2D eigenvalue weighted by atomic mass is 31.0. The number of hydrogen-bond acceptors (Lipinski definition) is 4. The van der Waals surface area contributed by atoms with Crippen LogP contribution < -0.4 is 11.1 Å². The van der Waals surface area contributed by atoms with E-state index in [9.17, 15) is 9.59 Å². The number of fused-ring (bicyclic) bond motifs is 1. The van der Waals surface area contributed by atoms with Crippen LogP contribution in [0.1, 0.15) is 56.2 Å². The first-order valence-electron chi connectivity index (χ1n) is 9.43. The van der Waals surface area contributed by atoms with E-state index in [4.69, 9.17) is 5.73 Å². The van der Waals surface area contributed by atoms with Crippen molar-refractivity contribution in [2.24, 2.45) is 5.73 Å². The summed E-state index contributed by atoms with van der Waals surface area (Å²) >= 11 is 0. The van der Waals surface area contributed by atoms with E-state index in [0.717, 1.165) is 29.5 Å². The smallest absolute Gasteiger partial charge is 0.147 e. The summed E-state index contributed by atoms with van der Waals surface area (Å²) in [5.41, 5.74) is 10.9. The summed E-state index contributed by atoms with van der Waals surface area (Å²) in [6.45, 7) is 9.22. The van der Waals surface area contributed by atoms with Crippen molar-refractivity contribution in [3.63, 3.8) is 0 Å². The molecule has 0 radical (unpaired) electrons. The highest BCUT2D eigenvalue weighted by molar-refractivity contribution is 7.22. The van der Waals surface area contributed by atoms with Gasteiger partial charge in [0, 0.05) is 36.2 Å². The molecule has 0 amide bonds. The number of benzene rings is 1. The van der Waals surface area contributed by atoms with Crippen molar-refractivity contribution in [1.29, 1.82) is 0 Å². The fraction of sp³-hybridized carbons (Fsp3) is 0.476. The van der Waals surface area contributed by atoms with E-state index in [1.807, 2.05) is 6.07 Å². The predicted molar refractivity (Wildman–Crippen MR) is 113 cm³/mol. The zero-order valence-corrected chi connectivity index (χ0v) is 17.3. The lowest BCUT2D eigenvalue weighted by atomic mass is 10.0. The lowest BCUT2D eigenvalue weighted by Crippen LogP contribution is -2.40. The maximum Gasteiger partial charge on any atom is 0.147 e. The van der Waals surface area contributed by atoms with Crippen molar-refractivity contribution < 1.29 is 9.59 Å². The lowest BCUT2D eigenvalue weighted by molar-refractivity contribution is -0.121. The third-order valence-corrected chi connectivity index (χ3v) is 5.53. The third-order valence-electron chi connectivity index (χ3n) is 4.97. The van der Waals surface area contributed by atoms with Crippen molar-refractivity contribution in [2.45, 2.75) is 58.7 Å². The highest BCUT2D eigenvalue weighted by Crippen LogP contribution is 2.30. The zero-order valence-electron chi connectivity index (χ0n) is 16.3. The van der Waals surface area contributed by atoms with E-state index >= 15 is 0 Å². The van der Waals surface area contributed by atoms with Crippen LogP contribution in [-0.4, -0.2) is 34.5 Å². The van der Waals surface area contributed by atoms with E-state index in [1.165, 1.54) is 11.1 Å². The predicted octanol–water partition coefficient (Wildman–Crippen LogP) is 2.79. The molecule has 2 rings (SSSR count). The van der Waals surface area contributed by atoms with Crippen LogP contribution in [0.2, 0.25) is 0 Å². The number of nitrogens with one attached hydrogen (secondary N) is 1. The van der Waals surface area contributed by atoms with Crippen LogP contribution in [-0.2, 0) is 22.7 Å². The van der Waals surface area contributed by atoms with Crippen LogP contribution in [0.4, 0.5) is 0 Å². The standard InChI is InChI=1S/C21H30N3O2P/c1-14(6-5-11-22)23-12-17-7-4-8-18-19(17)13-24(21(18)27)20(16(3)26)10-9-15(2)25/h4,7-8,20,23,27H,1,5-6,9-13,22H2,2-3H3. The van der Waals surface area contributed by atoms with Crippen LogP contribution in [0, 0.1) is 0 Å². The topological polar surface area (TPSA) is 75.4 Å². The van der Waals surface area contributed by atoms with Gasteiger partial charge in [0.25, 0.3) is 0 Å². The number of carbonyl (C=O) groups is 2. The van der Waals surface area contributed by atoms with Gasteiger partial charge in [0.2, 0.25) is 0 Å². The van der Waals surface area contributed by atoms with Crippen molar-refractivity contribution in [3.8, 4) is 0 Å².